The molecule has 0 unspecified atom stereocenters. The molecule has 0 radical (unpaired) electrons. The number of nitrogens with one attached hydrogen (secondary N) is 3. The minimum atomic E-state index is -2.05. The van der Waals surface area contributed by atoms with Gasteiger partial charge in [-0.2, -0.15) is 0 Å². The summed E-state index contributed by atoms with van der Waals surface area (Å²) < 4.78 is 50.8. The van der Waals surface area contributed by atoms with Gasteiger partial charge >= 0.3 is 12.1 Å². The van der Waals surface area contributed by atoms with Crippen LogP contribution < -0.4 is 10.9 Å². The Bertz CT molecular complexity index is 2530. The van der Waals surface area contributed by atoms with Crippen LogP contribution in [0.2, 0.25) is 0 Å². The number of esters is 1. The number of nitrogens with zero attached hydrogens (tertiary/aromatic N) is 3. The van der Waals surface area contributed by atoms with Crippen LogP contribution in [0.15, 0.2) is 42.5 Å². The predicted octanol–water partition coefficient (Wildman–Crippen LogP) is 4.97. The molecule has 3 aliphatic heterocycles. The fourth-order valence-corrected chi connectivity index (χ4v) is 11.1. The standard InChI is InChI=1S/C53H78N6O17/c1-15-38-53(10,66)43(62)28(4)40(60)26(2)24-51(8,69-13)44(75-49-41(61)37(58(11)12)22-27(3)71-49)29(5)42(30(6)48(64)73-38)74-39-25-52(9,70-14)45(31(7)72-39)76-50(65)57-56-47(63)33-18-21-35-36(23-33)55-46(54-35)32-16-19-34(20-17-32)59(67)68/h16-21,23,26-31,37-39,41-45,49,61-62,66H,15,22,24-25H2,1-14H3,(H,54,55)(H,56,63)(H,57,65)/t26-,27-,28+,29+,30-,31+,37+,38-,39+,41-,42+,43-,44-,45+,49+,51+,52-,53-/m1/s1. The van der Waals surface area contributed by atoms with Gasteiger partial charge in [0.1, 0.15) is 35.0 Å². The highest BCUT2D eigenvalue weighted by atomic mass is 16.7. The Balaban J connectivity index is 1.25. The van der Waals surface area contributed by atoms with Crippen LogP contribution in [-0.4, -0.2) is 171 Å². The van der Waals surface area contributed by atoms with E-state index in [-0.39, 0.29) is 48.4 Å². The van der Waals surface area contributed by atoms with Gasteiger partial charge in [0, 0.05) is 67.7 Å². The second kappa shape index (κ2) is 24.2. The Morgan fingerprint density at radius 3 is 2.16 bits per heavy atom. The fourth-order valence-electron chi connectivity index (χ4n) is 11.1. The number of methoxy groups -OCH3 is 2. The summed E-state index contributed by atoms with van der Waals surface area (Å²) in [5.41, 5.74) is 1.60. The number of aromatic amines is 1. The van der Waals surface area contributed by atoms with Gasteiger partial charge in [0.25, 0.3) is 11.6 Å². The maximum Gasteiger partial charge on any atom is 0.426 e. The first-order chi connectivity index (χ1) is 35.6. The molecule has 422 valence electrons. The Morgan fingerprint density at radius 2 is 1.55 bits per heavy atom. The maximum absolute atomic E-state index is 14.6. The Labute approximate surface area is 443 Å². The second-order valence-corrected chi connectivity index (χ2v) is 21.7. The van der Waals surface area contributed by atoms with Gasteiger partial charge in [0.2, 0.25) is 0 Å². The largest absolute Gasteiger partial charge is 0.459 e. The number of non-ortho nitro benzene ring substituents is 1. The van der Waals surface area contributed by atoms with Crippen molar-refractivity contribution in [2.24, 2.45) is 23.7 Å². The number of ketones is 1. The first-order valence-electron chi connectivity index (χ1n) is 25.8. The minimum Gasteiger partial charge on any atom is -0.459 e. The summed E-state index contributed by atoms with van der Waals surface area (Å²) in [6.45, 7) is 16.6. The molecule has 2 aromatic carbocycles. The van der Waals surface area contributed by atoms with E-state index in [1.165, 1.54) is 52.3 Å². The molecule has 3 saturated heterocycles. The summed E-state index contributed by atoms with van der Waals surface area (Å²) in [4.78, 5) is 75.7. The first kappa shape index (κ1) is 60.0. The van der Waals surface area contributed by atoms with Gasteiger partial charge in [-0.25, -0.2) is 15.2 Å². The lowest BCUT2D eigenvalue weighted by atomic mass is 9.74. The number of carbonyl (C=O) groups is 4. The Hall–Kier alpha value is -5.21. The van der Waals surface area contributed by atoms with Crippen molar-refractivity contribution < 1.29 is 77.3 Å². The van der Waals surface area contributed by atoms with Crippen LogP contribution in [0.5, 0.6) is 0 Å². The molecule has 2 amide bonds. The summed E-state index contributed by atoms with van der Waals surface area (Å²) in [6, 6.07) is 10.1. The number of amides is 2. The number of hydrogen-bond donors (Lipinski definition) is 6. The third-order valence-electron chi connectivity index (χ3n) is 15.8. The van der Waals surface area contributed by atoms with Crippen LogP contribution in [-0.2, 0) is 47.5 Å². The smallest absolute Gasteiger partial charge is 0.426 e. The number of hydrazine groups is 1. The average Bonchev–Trinajstić information content (AvgIpc) is 3.82. The van der Waals surface area contributed by atoms with E-state index in [1.807, 2.05) is 25.9 Å². The van der Waals surface area contributed by atoms with Crippen LogP contribution in [0.25, 0.3) is 22.4 Å². The monoisotopic (exact) mass is 1070 g/mol. The van der Waals surface area contributed by atoms with E-state index in [2.05, 4.69) is 20.8 Å². The molecule has 0 bridgehead atoms. The number of hydrogen-bond acceptors (Lipinski definition) is 19. The molecule has 6 N–H and O–H groups in total. The van der Waals surface area contributed by atoms with Crippen molar-refractivity contribution in [1.29, 1.82) is 0 Å². The number of aromatic nitrogens is 2. The van der Waals surface area contributed by atoms with Gasteiger partial charge in [-0.15, -0.1) is 0 Å². The molecular weight excluding hydrogens is 993 g/mol. The van der Waals surface area contributed by atoms with Crippen molar-refractivity contribution in [3.63, 3.8) is 0 Å². The maximum atomic E-state index is 14.6. The minimum absolute atomic E-state index is 0.0292. The summed E-state index contributed by atoms with van der Waals surface area (Å²) in [5, 5.41) is 46.4. The molecule has 6 rings (SSSR count). The molecule has 23 nitrogen and oxygen atoms in total. The van der Waals surface area contributed by atoms with E-state index in [1.54, 1.807) is 66.7 Å². The van der Waals surface area contributed by atoms with Crippen LogP contribution in [0.3, 0.4) is 0 Å². The van der Waals surface area contributed by atoms with E-state index >= 15 is 0 Å². The summed E-state index contributed by atoms with van der Waals surface area (Å²) in [7, 11) is 6.59. The van der Waals surface area contributed by atoms with Gasteiger partial charge in [0.05, 0.1) is 58.0 Å². The molecular formula is C53H78N6O17. The topological polar surface area (TPSA) is 302 Å². The number of nitro benzene ring substituents is 1. The summed E-state index contributed by atoms with van der Waals surface area (Å²) in [6.07, 6.45) is -11.5. The highest BCUT2D eigenvalue weighted by molar-refractivity contribution is 5.98. The number of H-pyrrole nitrogens is 1. The van der Waals surface area contributed by atoms with Gasteiger partial charge in [0.15, 0.2) is 18.7 Å². The number of fused-ring (bicyclic) bond motifs is 1. The van der Waals surface area contributed by atoms with Gasteiger partial charge < -0.3 is 63.1 Å². The van der Waals surface area contributed by atoms with Crippen molar-refractivity contribution in [3.8, 4) is 11.4 Å². The zero-order chi connectivity index (χ0) is 56.4. The molecule has 18 atom stereocenters. The third kappa shape index (κ3) is 12.9. The average molecular weight is 1070 g/mol. The number of aliphatic hydroxyl groups excluding tert-OH is 2. The van der Waals surface area contributed by atoms with Crippen LogP contribution in [0.1, 0.15) is 105 Å². The van der Waals surface area contributed by atoms with E-state index in [4.69, 9.17) is 37.9 Å². The molecule has 0 saturated carbocycles. The number of benzene rings is 2. The molecule has 0 aliphatic carbocycles. The van der Waals surface area contributed by atoms with Crippen molar-refractivity contribution in [2.75, 3.05) is 28.3 Å². The molecule has 3 fully saturated rings. The Morgan fingerprint density at radius 1 is 0.908 bits per heavy atom. The molecule has 3 aromatic rings. The first-order valence-corrected chi connectivity index (χ1v) is 25.8. The third-order valence-corrected chi connectivity index (χ3v) is 15.8. The fraction of sp³-hybridized carbons (Fsp3) is 0.679. The second-order valence-electron chi connectivity index (χ2n) is 21.7. The number of imidazole rings is 1. The van der Waals surface area contributed by atoms with Gasteiger partial charge in [-0.3, -0.25) is 29.9 Å². The molecule has 23 heteroatoms. The van der Waals surface area contributed by atoms with Crippen molar-refractivity contribution >= 4 is 40.5 Å². The molecule has 3 aliphatic rings. The van der Waals surface area contributed by atoms with Gasteiger partial charge in [-0.05, 0) is 105 Å². The number of carbonyl (C=O) groups excluding carboxylic acids is 4. The van der Waals surface area contributed by atoms with Crippen LogP contribution in [0.4, 0.5) is 10.5 Å². The number of nitro groups is 1. The van der Waals surface area contributed by atoms with E-state index in [9.17, 15) is 44.6 Å². The molecule has 4 heterocycles. The Kier molecular flexibility index (Phi) is 19.1. The van der Waals surface area contributed by atoms with Crippen molar-refractivity contribution in [2.45, 2.75) is 179 Å². The highest BCUT2D eigenvalue weighted by Crippen LogP contribution is 2.42. The lowest BCUT2D eigenvalue weighted by molar-refractivity contribution is -0.384. The van der Waals surface area contributed by atoms with Crippen LogP contribution >= 0.6 is 0 Å². The summed E-state index contributed by atoms with van der Waals surface area (Å²) >= 11 is 0. The quantitative estimate of drug-likeness (QED) is 0.0792. The SMILES string of the molecule is CC[C@H]1OC(=O)[C@H](C)[C@@H](O[C@H]2C[C@@](C)(OC)[C@@H](OC(=O)NNC(=O)c3ccc4nc(-c5ccc([N+](=O)[O-])cc5)[nH]c4c3)[C@H](C)O2)[C@H](C)[C@@H](O[C@@H]2O[C@H](C)C[C@H](N(C)C)[C@H]2O)[C@@](C)(OC)C[C@@H](C)C(=O)[C@H](C)[C@@H](O)[C@]1(C)O. The number of cyclic esters (lactones) is 1. The normalized spacial score (nSPS) is 37.0. The van der Waals surface area contributed by atoms with Crippen molar-refractivity contribution in [1.82, 2.24) is 25.7 Å². The molecule has 76 heavy (non-hydrogen) atoms. The van der Waals surface area contributed by atoms with E-state index < -0.39 is 119 Å². The molecule has 1 aromatic heterocycles. The van der Waals surface area contributed by atoms with Crippen LogP contribution in [0, 0.1) is 33.8 Å². The predicted molar refractivity (Wildman–Crippen MR) is 274 cm³/mol. The lowest BCUT2D eigenvalue weighted by Gasteiger charge is -2.50. The number of aliphatic hydroxyl groups is 3. The number of likely N-dealkylation sites (N-methyl/N-ethyl adjacent to an activating group) is 1. The zero-order valence-corrected chi connectivity index (χ0v) is 45.9. The summed E-state index contributed by atoms with van der Waals surface area (Å²) in [5.74, 6) is -5.30. The number of ether oxygens (including phenoxy) is 8. The molecule has 0 spiro atoms. The number of rotatable bonds is 12. The van der Waals surface area contributed by atoms with Gasteiger partial charge in [-0.1, -0.05) is 27.7 Å². The zero-order valence-electron chi connectivity index (χ0n) is 45.9. The highest BCUT2D eigenvalue weighted by Gasteiger charge is 2.55. The lowest BCUT2D eigenvalue weighted by Crippen LogP contribution is -2.62. The van der Waals surface area contributed by atoms with E-state index in [0.29, 0.717) is 28.8 Å². The van der Waals surface area contributed by atoms with Crippen molar-refractivity contribution in [3.05, 3.63) is 58.1 Å². The van der Waals surface area contributed by atoms with E-state index in [0.717, 1.165) is 0 Å². The number of Topliss-reactive ketones (excluding diaryl/α,β-unsaturated/α-hetero) is 1.